The third kappa shape index (κ3) is 11.9. The zero-order chi connectivity index (χ0) is 33.7. The fraction of sp³-hybridized carbons (Fsp3) is 0.389. The maximum atomic E-state index is 13.7. The van der Waals surface area contributed by atoms with Gasteiger partial charge in [0.1, 0.15) is 36.1 Å². The van der Waals surface area contributed by atoms with Crippen molar-refractivity contribution in [3.05, 3.63) is 102 Å². The molecule has 0 aliphatic heterocycles. The zero-order valence-electron chi connectivity index (χ0n) is 27.2. The molecule has 246 valence electrons. The van der Waals surface area contributed by atoms with E-state index >= 15 is 0 Å². The van der Waals surface area contributed by atoms with Gasteiger partial charge in [-0.25, -0.2) is 4.79 Å². The fourth-order valence-electron chi connectivity index (χ4n) is 4.65. The van der Waals surface area contributed by atoms with Gasteiger partial charge in [0.05, 0.1) is 0 Å². The average molecular weight is 631 g/mol. The summed E-state index contributed by atoms with van der Waals surface area (Å²) in [4.78, 5) is 52.3. The van der Waals surface area contributed by atoms with Crippen molar-refractivity contribution in [2.45, 2.75) is 84.2 Å². The van der Waals surface area contributed by atoms with Gasteiger partial charge in [0.2, 0.25) is 17.7 Å². The number of alkyl carbamates (subject to hydrolysis) is 1. The maximum Gasteiger partial charge on any atom is 0.408 e. The Morgan fingerprint density at radius 3 is 1.80 bits per heavy atom. The third-order valence-electron chi connectivity index (χ3n) is 7.35. The third-order valence-corrected chi connectivity index (χ3v) is 7.35. The molecule has 5 N–H and O–H groups in total. The van der Waals surface area contributed by atoms with E-state index in [1.54, 1.807) is 32.9 Å². The molecule has 0 fully saturated rings. The molecule has 0 bridgehead atoms. The van der Waals surface area contributed by atoms with Gasteiger partial charge in [-0.15, -0.1) is 0 Å². The van der Waals surface area contributed by atoms with Gasteiger partial charge in [0.25, 0.3) is 0 Å². The van der Waals surface area contributed by atoms with Crippen LogP contribution >= 0.6 is 0 Å². The number of nitrogens with two attached hydrogens (primary N) is 1. The molecule has 0 heterocycles. The Balaban J connectivity index is 1.76. The molecule has 0 aliphatic rings. The minimum atomic E-state index is -1.07. The van der Waals surface area contributed by atoms with Crippen molar-refractivity contribution in [3.63, 3.8) is 0 Å². The number of rotatable bonds is 15. The molecule has 3 rings (SSSR count). The summed E-state index contributed by atoms with van der Waals surface area (Å²) in [5, 5.41) is 8.20. The Kier molecular flexibility index (Phi) is 13.2. The molecule has 3 aromatic carbocycles. The summed E-state index contributed by atoms with van der Waals surface area (Å²) in [6.45, 7) is 9.31. The first-order valence-corrected chi connectivity index (χ1v) is 15.5. The number of benzene rings is 3. The van der Waals surface area contributed by atoms with Crippen molar-refractivity contribution in [2.75, 3.05) is 0 Å². The predicted molar refractivity (Wildman–Crippen MR) is 177 cm³/mol. The predicted octanol–water partition coefficient (Wildman–Crippen LogP) is 4.45. The highest BCUT2D eigenvalue weighted by Crippen LogP contribution is 2.17. The highest BCUT2D eigenvalue weighted by Gasteiger charge is 2.32. The number of ether oxygens (including phenoxy) is 2. The van der Waals surface area contributed by atoms with Crippen LogP contribution in [0.15, 0.2) is 84.9 Å². The fourth-order valence-corrected chi connectivity index (χ4v) is 4.65. The number of carbonyl (C=O) groups is 4. The normalized spacial score (nSPS) is 13.8. The molecule has 0 aromatic heterocycles. The molecule has 4 unspecified atom stereocenters. The van der Waals surface area contributed by atoms with E-state index in [0.29, 0.717) is 18.8 Å². The SMILES string of the molecule is CCC(C)C(NC(=O)C(Cc1ccc(OCc2ccccc2)cc1)NC(=O)OC(C)(C)C)C(=O)NC(Cc1ccccc1)C(N)=O. The lowest BCUT2D eigenvalue weighted by Crippen LogP contribution is -2.59. The number of primary amides is 1. The van der Waals surface area contributed by atoms with Crippen LogP contribution < -0.4 is 26.4 Å². The summed E-state index contributed by atoms with van der Waals surface area (Å²) in [7, 11) is 0. The summed E-state index contributed by atoms with van der Waals surface area (Å²) in [6.07, 6.45) is 0.123. The molecule has 10 nitrogen and oxygen atoms in total. The van der Waals surface area contributed by atoms with Gasteiger partial charge >= 0.3 is 6.09 Å². The van der Waals surface area contributed by atoms with Crippen LogP contribution in [0.5, 0.6) is 5.75 Å². The lowest BCUT2D eigenvalue weighted by molar-refractivity contribution is -0.133. The van der Waals surface area contributed by atoms with Crippen LogP contribution in [-0.2, 0) is 38.6 Å². The highest BCUT2D eigenvalue weighted by molar-refractivity contribution is 5.94. The number of hydrogen-bond acceptors (Lipinski definition) is 6. The van der Waals surface area contributed by atoms with E-state index in [9.17, 15) is 19.2 Å². The van der Waals surface area contributed by atoms with Gasteiger partial charge in [-0.05, 0) is 55.5 Å². The molecule has 0 saturated carbocycles. The quantitative estimate of drug-likeness (QED) is 0.195. The lowest BCUT2D eigenvalue weighted by atomic mass is 9.96. The summed E-state index contributed by atoms with van der Waals surface area (Å²) in [5.74, 6) is -1.45. The van der Waals surface area contributed by atoms with Crippen LogP contribution in [0, 0.1) is 5.92 Å². The minimum absolute atomic E-state index is 0.122. The Bertz CT molecular complexity index is 1420. The van der Waals surface area contributed by atoms with Crippen LogP contribution in [0.2, 0.25) is 0 Å². The van der Waals surface area contributed by atoms with E-state index in [4.69, 9.17) is 15.2 Å². The van der Waals surface area contributed by atoms with Gasteiger partial charge in [-0.2, -0.15) is 0 Å². The van der Waals surface area contributed by atoms with Crippen molar-refractivity contribution in [1.82, 2.24) is 16.0 Å². The minimum Gasteiger partial charge on any atom is -0.489 e. The average Bonchev–Trinajstić information content (AvgIpc) is 3.02. The van der Waals surface area contributed by atoms with Gasteiger partial charge < -0.3 is 31.2 Å². The second-order valence-corrected chi connectivity index (χ2v) is 12.3. The molecular weight excluding hydrogens is 584 g/mol. The van der Waals surface area contributed by atoms with Crippen LogP contribution in [0.1, 0.15) is 57.7 Å². The summed E-state index contributed by atoms with van der Waals surface area (Å²) in [6, 6.07) is 23.2. The van der Waals surface area contributed by atoms with E-state index in [2.05, 4.69) is 16.0 Å². The summed E-state index contributed by atoms with van der Waals surface area (Å²) < 4.78 is 11.3. The van der Waals surface area contributed by atoms with Crippen molar-refractivity contribution < 1.29 is 28.7 Å². The van der Waals surface area contributed by atoms with Gasteiger partial charge in [-0.1, -0.05) is 93.1 Å². The van der Waals surface area contributed by atoms with Crippen LogP contribution in [0.25, 0.3) is 0 Å². The molecule has 3 aromatic rings. The Hall–Kier alpha value is -4.86. The smallest absolute Gasteiger partial charge is 0.408 e. The van der Waals surface area contributed by atoms with Crippen LogP contribution in [0.3, 0.4) is 0 Å². The summed E-state index contributed by atoms with van der Waals surface area (Å²) >= 11 is 0. The molecule has 46 heavy (non-hydrogen) atoms. The van der Waals surface area contributed by atoms with E-state index in [1.165, 1.54) is 0 Å². The van der Waals surface area contributed by atoms with E-state index < -0.39 is 47.5 Å². The maximum absolute atomic E-state index is 13.7. The van der Waals surface area contributed by atoms with Crippen LogP contribution in [-0.4, -0.2) is 47.5 Å². The second-order valence-electron chi connectivity index (χ2n) is 12.3. The molecule has 10 heteroatoms. The van der Waals surface area contributed by atoms with Gasteiger partial charge in [0.15, 0.2) is 0 Å². The molecule has 0 saturated heterocycles. The number of carbonyl (C=O) groups excluding carboxylic acids is 4. The lowest BCUT2D eigenvalue weighted by Gasteiger charge is -2.28. The Labute approximate surface area is 271 Å². The summed E-state index contributed by atoms with van der Waals surface area (Å²) in [5.41, 5.74) is 7.46. The van der Waals surface area contributed by atoms with Crippen molar-refractivity contribution in [3.8, 4) is 5.75 Å². The molecule has 4 amide bonds. The highest BCUT2D eigenvalue weighted by atomic mass is 16.6. The van der Waals surface area contributed by atoms with E-state index in [0.717, 1.165) is 16.7 Å². The number of amides is 4. The van der Waals surface area contributed by atoms with Crippen molar-refractivity contribution >= 4 is 23.8 Å². The molecule has 0 radical (unpaired) electrons. The molecule has 4 atom stereocenters. The topological polar surface area (TPSA) is 149 Å². The molecular formula is C36H46N4O6. The van der Waals surface area contributed by atoms with E-state index in [-0.39, 0.29) is 18.8 Å². The molecule has 0 spiro atoms. The van der Waals surface area contributed by atoms with Crippen LogP contribution in [0.4, 0.5) is 4.79 Å². The van der Waals surface area contributed by atoms with Gasteiger partial charge in [-0.3, -0.25) is 14.4 Å². The first-order chi connectivity index (χ1) is 21.8. The Morgan fingerprint density at radius 1 is 0.717 bits per heavy atom. The van der Waals surface area contributed by atoms with E-state index in [1.807, 2.05) is 86.6 Å². The second kappa shape index (κ2) is 17.0. The molecule has 0 aliphatic carbocycles. The first kappa shape index (κ1) is 35.6. The first-order valence-electron chi connectivity index (χ1n) is 15.5. The van der Waals surface area contributed by atoms with Crippen molar-refractivity contribution in [1.29, 1.82) is 0 Å². The standard InChI is InChI=1S/C36H46N4O6/c1-6-24(2)31(34(43)38-29(32(37)41)21-25-13-9-7-10-14-25)40-33(42)30(39-35(44)46-36(3,4)5)22-26-17-19-28(20-18-26)45-23-27-15-11-8-12-16-27/h7-20,24,29-31H,6,21-23H2,1-5H3,(H2,37,41)(H,38,43)(H,39,44)(H,40,42). The Morgan fingerprint density at radius 2 is 1.26 bits per heavy atom. The van der Waals surface area contributed by atoms with Crippen molar-refractivity contribution in [2.24, 2.45) is 11.7 Å². The number of hydrogen-bond donors (Lipinski definition) is 4. The monoisotopic (exact) mass is 630 g/mol. The largest absolute Gasteiger partial charge is 0.489 e. The zero-order valence-corrected chi connectivity index (χ0v) is 27.2. The number of nitrogens with one attached hydrogen (secondary N) is 3. The van der Waals surface area contributed by atoms with Gasteiger partial charge in [0, 0.05) is 12.8 Å².